The summed E-state index contributed by atoms with van der Waals surface area (Å²) in [6.45, 7) is 5.25. The number of hydrogen-bond acceptors (Lipinski definition) is 5. The van der Waals surface area contributed by atoms with Gasteiger partial charge in [-0.05, 0) is 32.4 Å². The van der Waals surface area contributed by atoms with Crippen LogP contribution in [0.2, 0.25) is 0 Å². The third-order valence-electron chi connectivity index (χ3n) is 2.31. The number of methoxy groups -OCH3 is 1. The van der Waals surface area contributed by atoms with Crippen LogP contribution in [0.4, 0.5) is 0 Å². The van der Waals surface area contributed by atoms with Crippen LogP contribution in [0.25, 0.3) is 6.08 Å². The summed E-state index contributed by atoms with van der Waals surface area (Å²) in [5.74, 6) is -1.23. The molecule has 0 bridgehead atoms. The third kappa shape index (κ3) is 6.72. The van der Waals surface area contributed by atoms with Crippen LogP contribution in [0.3, 0.4) is 0 Å². The SMILES string of the molecule is COC(=O)C(=Cc1ccccc1)CC(=O)OOC(C)(C)C. The summed E-state index contributed by atoms with van der Waals surface area (Å²) in [7, 11) is 1.26. The van der Waals surface area contributed by atoms with Crippen molar-refractivity contribution in [3.63, 3.8) is 0 Å². The minimum absolute atomic E-state index is 0.200. The second-order valence-corrected chi connectivity index (χ2v) is 5.40. The molecule has 21 heavy (non-hydrogen) atoms. The van der Waals surface area contributed by atoms with Crippen LogP contribution < -0.4 is 0 Å². The third-order valence-corrected chi connectivity index (χ3v) is 2.31. The first-order chi connectivity index (χ1) is 9.81. The number of benzene rings is 1. The van der Waals surface area contributed by atoms with Crippen molar-refractivity contribution in [3.05, 3.63) is 41.5 Å². The van der Waals surface area contributed by atoms with Crippen LogP contribution in [-0.4, -0.2) is 24.6 Å². The Morgan fingerprint density at radius 2 is 1.76 bits per heavy atom. The Kier molecular flexibility index (Phi) is 6.11. The van der Waals surface area contributed by atoms with Gasteiger partial charge >= 0.3 is 11.9 Å². The molecule has 0 aliphatic heterocycles. The van der Waals surface area contributed by atoms with Crippen molar-refractivity contribution in [2.45, 2.75) is 32.8 Å². The average Bonchev–Trinajstić information content (AvgIpc) is 2.44. The van der Waals surface area contributed by atoms with Gasteiger partial charge in [-0.3, -0.25) is 4.89 Å². The zero-order valence-corrected chi connectivity index (χ0v) is 12.7. The minimum atomic E-state index is -0.655. The van der Waals surface area contributed by atoms with Gasteiger partial charge in [0.15, 0.2) is 0 Å². The first-order valence-corrected chi connectivity index (χ1v) is 6.54. The molecule has 0 aromatic heterocycles. The summed E-state index contributed by atoms with van der Waals surface area (Å²) >= 11 is 0. The topological polar surface area (TPSA) is 61.8 Å². The number of ether oxygens (including phenoxy) is 1. The van der Waals surface area contributed by atoms with Crippen molar-refractivity contribution in [1.82, 2.24) is 0 Å². The van der Waals surface area contributed by atoms with E-state index in [1.807, 2.05) is 30.3 Å². The van der Waals surface area contributed by atoms with E-state index in [1.165, 1.54) is 7.11 Å². The molecule has 0 saturated carbocycles. The van der Waals surface area contributed by atoms with Gasteiger partial charge in [0.25, 0.3) is 0 Å². The number of rotatable bonds is 5. The zero-order chi connectivity index (χ0) is 15.9. The van der Waals surface area contributed by atoms with Gasteiger partial charge in [-0.25, -0.2) is 9.59 Å². The molecule has 0 atom stereocenters. The Morgan fingerprint density at radius 1 is 1.14 bits per heavy atom. The van der Waals surface area contributed by atoms with Crippen LogP contribution in [0.15, 0.2) is 35.9 Å². The molecule has 5 heteroatoms. The van der Waals surface area contributed by atoms with Crippen molar-refractivity contribution in [1.29, 1.82) is 0 Å². The van der Waals surface area contributed by atoms with Crippen LogP contribution in [0.5, 0.6) is 0 Å². The highest BCUT2D eigenvalue weighted by molar-refractivity contribution is 5.98. The van der Waals surface area contributed by atoms with Crippen molar-refractivity contribution in [2.24, 2.45) is 0 Å². The molecule has 0 radical (unpaired) electrons. The fourth-order valence-corrected chi connectivity index (χ4v) is 1.42. The molecule has 1 rings (SSSR count). The average molecular weight is 292 g/mol. The number of hydrogen-bond donors (Lipinski definition) is 0. The zero-order valence-electron chi connectivity index (χ0n) is 12.7. The largest absolute Gasteiger partial charge is 0.466 e. The van der Waals surface area contributed by atoms with Crippen molar-refractivity contribution in [3.8, 4) is 0 Å². The highest BCUT2D eigenvalue weighted by Crippen LogP contribution is 2.14. The molecule has 5 nitrogen and oxygen atoms in total. The van der Waals surface area contributed by atoms with Crippen LogP contribution >= 0.6 is 0 Å². The molecular formula is C16H20O5. The first kappa shape index (κ1) is 16.9. The Balaban J connectivity index is 2.78. The number of carbonyl (C=O) groups excluding carboxylic acids is 2. The van der Waals surface area contributed by atoms with Crippen LogP contribution in [-0.2, 0) is 24.1 Å². The molecule has 0 fully saturated rings. The monoisotopic (exact) mass is 292 g/mol. The van der Waals surface area contributed by atoms with E-state index in [1.54, 1.807) is 26.8 Å². The molecule has 0 N–H and O–H groups in total. The summed E-state index contributed by atoms with van der Waals surface area (Å²) in [4.78, 5) is 33.0. The normalized spacial score (nSPS) is 11.9. The van der Waals surface area contributed by atoms with E-state index in [0.29, 0.717) is 0 Å². The molecule has 0 saturated heterocycles. The van der Waals surface area contributed by atoms with E-state index in [9.17, 15) is 9.59 Å². The van der Waals surface area contributed by atoms with Crippen molar-refractivity contribution < 1.29 is 24.1 Å². The molecule has 0 heterocycles. The number of carbonyl (C=O) groups is 2. The van der Waals surface area contributed by atoms with Gasteiger partial charge in [-0.15, -0.1) is 0 Å². The van der Waals surface area contributed by atoms with E-state index in [0.717, 1.165) is 5.56 Å². The van der Waals surface area contributed by atoms with E-state index in [4.69, 9.17) is 4.89 Å². The van der Waals surface area contributed by atoms with E-state index < -0.39 is 17.5 Å². The quantitative estimate of drug-likeness (QED) is 0.361. The lowest BCUT2D eigenvalue weighted by Crippen LogP contribution is -2.22. The van der Waals surface area contributed by atoms with Crippen LogP contribution in [0, 0.1) is 0 Å². The molecule has 0 aliphatic rings. The fourth-order valence-electron chi connectivity index (χ4n) is 1.42. The highest BCUT2D eigenvalue weighted by Gasteiger charge is 2.19. The second kappa shape index (κ2) is 7.59. The standard InChI is InChI=1S/C16H20O5/c1-16(2,3)21-20-14(17)11-13(15(18)19-4)10-12-8-6-5-7-9-12/h5-10H,11H2,1-4H3. The Morgan fingerprint density at radius 3 is 2.29 bits per heavy atom. The second-order valence-electron chi connectivity index (χ2n) is 5.40. The van der Waals surface area contributed by atoms with E-state index >= 15 is 0 Å². The number of esters is 1. The molecule has 114 valence electrons. The van der Waals surface area contributed by atoms with Gasteiger partial charge in [0.05, 0.1) is 13.5 Å². The van der Waals surface area contributed by atoms with E-state index in [-0.39, 0.29) is 12.0 Å². The summed E-state index contributed by atoms with van der Waals surface area (Å²) < 4.78 is 4.68. The summed E-state index contributed by atoms with van der Waals surface area (Å²) in [6.07, 6.45) is 1.36. The maximum absolute atomic E-state index is 11.7. The highest BCUT2D eigenvalue weighted by atomic mass is 17.2. The predicted octanol–water partition coefficient (Wildman–Crippen LogP) is 2.91. The predicted molar refractivity (Wildman–Crippen MR) is 78.0 cm³/mol. The summed E-state index contributed by atoms with van der Waals surface area (Å²) in [5.41, 5.74) is 0.387. The minimum Gasteiger partial charge on any atom is -0.466 e. The van der Waals surface area contributed by atoms with E-state index in [2.05, 4.69) is 9.62 Å². The van der Waals surface area contributed by atoms with Gasteiger partial charge in [-0.1, -0.05) is 30.3 Å². The maximum Gasteiger partial charge on any atom is 0.347 e. The van der Waals surface area contributed by atoms with Gasteiger partial charge < -0.3 is 4.74 Å². The molecule has 0 unspecified atom stereocenters. The Labute approximate surface area is 124 Å². The molecule has 1 aromatic rings. The van der Waals surface area contributed by atoms with Crippen LogP contribution in [0.1, 0.15) is 32.8 Å². The smallest absolute Gasteiger partial charge is 0.347 e. The van der Waals surface area contributed by atoms with Gasteiger partial charge in [-0.2, -0.15) is 4.89 Å². The molecule has 0 aliphatic carbocycles. The molecule has 0 spiro atoms. The van der Waals surface area contributed by atoms with Crippen molar-refractivity contribution >= 4 is 18.0 Å². The Hall–Kier alpha value is -2.14. The molecule has 1 aromatic carbocycles. The van der Waals surface area contributed by atoms with Gasteiger partial charge in [0, 0.05) is 5.57 Å². The Bertz CT molecular complexity index is 511. The molecular weight excluding hydrogens is 272 g/mol. The van der Waals surface area contributed by atoms with Crippen molar-refractivity contribution in [2.75, 3.05) is 7.11 Å². The lowest BCUT2D eigenvalue weighted by Gasteiger charge is -2.16. The van der Waals surface area contributed by atoms with Gasteiger partial charge in [0.1, 0.15) is 5.60 Å². The first-order valence-electron chi connectivity index (χ1n) is 6.54. The lowest BCUT2D eigenvalue weighted by atomic mass is 10.1. The summed E-state index contributed by atoms with van der Waals surface area (Å²) in [6, 6.07) is 9.17. The molecule has 0 amide bonds. The maximum atomic E-state index is 11.7. The van der Waals surface area contributed by atoms with Gasteiger partial charge in [0.2, 0.25) is 0 Å². The lowest BCUT2D eigenvalue weighted by molar-refractivity contribution is -0.319. The fraction of sp³-hybridized carbons (Fsp3) is 0.375. The summed E-state index contributed by atoms with van der Waals surface area (Å²) in [5, 5.41) is 0.